The molecule has 1 aliphatic rings. The van der Waals surface area contributed by atoms with Crippen molar-refractivity contribution in [3.8, 4) is 11.1 Å². The molecular formula is C35H36Cl3N3O4. The van der Waals surface area contributed by atoms with Crippen LogP contribution in [0.3, 0.4) is 0 Å². The predicted molar refractivity (Wildman–Crippen MR) is 178 cm³/mol. The maximum absolute atomic E-state index is 12.0. The fourth-order valence-electron chi connectivity index (χ4n) is 5.30. The minimum Gasteiger partial charge on any atom is -0.392 e. The molecule has 3 atom stereocenters. The minimum absolute atomic E-state index is 0.0000811. The zero-order valence-electron chi connectivity index (χ0n) is 24.9. The Morgan fingerprint density at radius 2 is 1.69 bits per heavy atom. The van der Waals surface area contributed by atoms with Gasteiger partial charge in [0.2, 0.25) is 0 Å². The highest BCUT2D eigenvalue weighted by molar-refractivity contribution is 6.76. The molecule has 3 aromatic carbocycles. The standard InChI is InChI=1S/C35H36Cl3N3O4/c1-41(18-16-30-7-2-3-17-39-30)22-31-20-32(27-10-8-24(23-42)9-11-27)45-33(44-31)28-14-12-26(13-15-28)29-6-4-5-25(19-29)21-40-34(43)35(36,37)38/h2-15,17,19,31-33,42H,16,18,20-23H2,1H3,(H,40,43)/t31-,32+,33+/m1/s1. The number of aromatic nitrogens is 1. The Morgan fingerprint density at radius 3 is 2.38 bits per heavy atom. The highest BCUT2D eigenvalue weighted by atomic mass is 35.6. The van der Waals surface area contributed by atoms with Crippen molar-refractivity contribution in [1.29, 1.82) is 0 Å². The largest absolute Gasteiger partial charge is 0.392 e. The van der Waals surface area contributed by atoms with Gasteiger partial charge in [-0.1, -0.05) is 108 Å². The lowest BCUT2D eigenvalue weighted by Crippen LogP contribution is -2.38. The van der Waals surface area contributed by atoms with Gasteiger partial charge in [-0.3, -0.25) is 9.78 Å². The molecule has 1 aromatic heterocycles. The number of halogens is 3. The number of ether oxygens (including phenoxy) is 2. The molecule has 1 amide bonds. The molecule has 10 heteroatoms. The van der Waals surface area contributed by atoms with Crippen molar-refractivity contribution in [2.75, 3.05) is 20.1 Å². The van der Waals surface area contributed by atoms with Gasteiger partial charge in [-0.2, -0.15) is 0 Å². The number of benzene rings is 3. The molecule has 45 heavy (non-hydrogen) atoms. The number of aliphatic hydroxyl groups is 1. The summed E-state index contributed by atoms with van der Waals surface area (Å²) in [7, 11) is 2.10. The normalized spacial score (nSPS) is 18.6. The van der Waals surface area contributed by atoms with Gasteiger partial charge in [0.15, 0.2) is 6.29 Å². The van der Waals surface area contributed by atoms with Gasteiger partial charge < -0.3 is 24.8 Å². The minimum atomic E-state index is -2.01. The number of carbonyl (C=O) groups excluding carboxylic acids is 1. The van der Waals surface area contributed by atoms with E-state index < -0.39 is 16.0 Å². The number of nitrogens with one attached hydrogen (secondary N) is 1. The second-order valence-corrected chi connectivity index (χ2v) is 13.5. The maximum Gasteiger partial charge on any atom is 0.272 e. The highest BCUT2D eigenvalue weighted by Crippen LogP contribution is 2.38. The van der Waals surface area contributed by atoms with Crippen LogP contribution in [0.25, 0.3) is 11.1 Å². The van der Waals surface area contributed by atoms with Crippen LogP contribution in [0.1, 0.15) is 46.8 Å². The average molecular weight is 669 g/mol. The number of carbonyl (C=O) groups is 1. The molecular weight excluding hydrogens is 633 g/mol. The Kier molecular flexibility index (Phi) is 11.5. The van der Waals surface area contributed by atoms with Gasteiger partial charge >= 0.3 is 0 Å². The number of amides is 1. The SMILES string of the molecule is CN(CCc1ccccn1)C[C@H]1C[C@@H](c2ccc(CO)cc2)O[C@@H](c2ccc(-c3cccc(CNC(=O)C(Cl)(Cl)Cl)c3)cc2)O1. The van der Waals surface area contributed by atoms with Gasteiger partial charge in [0.05, 0.1) is 18.8 Å². The second-order valence-electron chi connectivity index (χ2n) is 11.2. The molecule has 236 valence electrons. The quantitative estimate of drug-likeness (QED) is 0.169. The first-order valence-electron chi connectivity index (χ1n) is 14.8. The van der Waals surface area contributed by atoms with E-state index in [4.69, 9.17) is 44.3 Å². The third-order valence-electron chi connectivity index (χ3n) is 7.76. The van der Waals surface area contributed by atoms with Gasteiger partial charge in [0, 0.05) is 49.9 Å². The number of aliphatic hydroxyl groups excluding tert-OH is 1. The van der Waals surface area contributed by atoms with Crippen LogP contribution >= 0.6 is 34.8 Å². The summed E-state index contributed by atoms with van der Waals surface area (Å²) in [6, 6.07) is 29.8. The van der Waals surface area contributed by atoms with E-state index in [9.17, 15) is 9.90 Å². The summed E-state index contributed by atoms with van der Waals surface area (Å²) in [5.41, 5.74) is 6.77. The molecule has 4 aromatic rings. The summed E-state index contributed by atoms with van der Waals surface area (Å²) < 4.78 is 11.1. The number of rotatable bonds is 11. The lowest BCUT2D eigenvalue weighted by Gasteiger charge is -2.38. The van der Waals surface area contributed by atoms with E-state index in [2.05, 4.69) is 22.2 Å². The number of alkyl halides is 3. The molecule has 0 radical (unpaired) electrons. The van der Waals surface area contributed by atoms with Gasteiger partial charge in [0.25, 0.3) is 9.70 Å². The predicted octanol–water partition coefficient (Wildman–Crippen LogP) is 6.95. The molecule has 0 aliphatic carbocycles. The van der Waals surface area contributed by atoms with Crippen molar-refractivity contribution in [3.05, 3.63) is 125 Å². The summed E-state index contributed by atoms with van der Waals surface area (Å²) in [6.45, 7) is 1.85. The fourth-order valence-corrected chi connectivity index (χ4v) is 5.50. The lowest BCUT2D eigenvalue weighted by atomic mass is 9.99. The van der Waals surface area contributed by atoms with Gasteiger partial charge in [0.1, 0.15) is 0 Å². The average Bonchev–Trinajstić information content (AvgIpc) is 3.06. The first-order valence-corrected chi connectivity index (χ1v) is 15.9. The van der Waals surface area contributed by atoms with Crippen molar-refractivity contribution >= 4 is 40.7 Å². The summed E-state index contributed by atoms with van der Waals surface area (Å²) >= 11 is 17.0. The van der Waals surface area contributed by atoms with Crippen LogP contribution in [0.5, 0.6) is 0 Å². The van der Waals surface area contributed by atoms with E-state index in [0.29, 0.717) is 6.42 Å². The maximum atomic E-state index is 12.0. The Hall–Kier alpha value is -3.01. The lowest BCUT2D eigenvalue weighted by molar-refractivity contribution is -0.252. The van der Waals surface area contributed by atoms with Gasteiger partial charge in [-0.15, -0.1) is 0 Å². The first kappa shape index (κ1) is 33.4. The molecule has 1 saturated heterocycles. The van der Waals surface area contributed by atoms with Gasteiger partial charge in [-0.05, 0) is 53.1 Å². The Labute approximate surface area is 279 Å². The van der Waals surface area contributed by atoms with Crippen LogP contribution in [0.2, 0.25) is 0 Å². The molecule has 0 spiro atoms. The highest BCUT2D eigenvalue weighted by Gasteiger charge is 2.33. The summed E-state index contributed by atoms with van der Waals surface area (Å²) in [5, 5.41) is 12.1. The Bertz CT molecular complexity index is 1530. The summed E-state index contributed by atoms with van der Waals surface area (Å²) in [5.74, 6) is -0.671. The molecule has 0 saturated carbocycles. The first-order chi connectivity index (χ1) is 21.7. The van der Waals surface area contributed by atoms with E-state index in [0.717, 1.165) is 58.6 Å². The molecule has 5 rings (SSSR count). The third-order valence-corrected chi connectivity index (χ3v) is 8.27. The van der Waals surface area contributed by atoms with E-state index in [1.165, 1.54) is 0 Å². The number of pyridine rings is 1. The van der Waals surface area contributed by atoms with Crippen molar-refractivity contribution in [3.63, 3.8) is 0 Å². The summed E-state index contributed by atoms with van der Waals surface area (Å²) in [4.78, 5) is 18.7. The monoisotopic (exact) mass is 667 g/mol. The van der Waals surface area contributed by atoms with Crippen LogP contribution in [-0.4, -0.2) is 50.9 Å². The number of nitrogens with zero attached hydrogens (tertiary/aromatic N) is 2. The smallest absolute Gasteiger partial charge is 0.272 e. The summed E-state index contributed by atoms with van der Waals surface area (Å²) in [6.07, 6.45) is 2.63. The molecule has 7 nitrogen and oxygen atoms in total. The Balaban J connectivity index is 1.29. The Morgan fingerprint density at radius 1 is 0.933 bits per heavy atom. The van der Waals surface area contributed by atoms with Crippen molar-refractivity contribution in [2.45, 2.75) is 48.3 Å². The van der Waals surface area contributed by atoms with E-state index >= 15 is 0 Å². The molecule has 0 unspecified atom stereocenters. The van der Waals surface area contributed by atoms with E-state index in [-0.39, 0.29) is 25.4 Å². The third kappa shape index (κ3) is 9.50. The van der Waals surface area contributed by atoms with Crippen molar-refractivity contribution in [2.24, 2.45) is 0 Å². The molecule has 2 heterocycles. The van der Waals surface area contributed by atoms with E-state index in [1.54, 1.807) is 0 Å². The van der Waals surface area contributed by atoms with Crippen LogP contribution in [0.15, 0.2) is 97.2 Å². The second kappa shape index (κ2) is 15.5. The fraction of sp³-hybridized carbons (Fsp3) is 0.314. The van der Waals surface area contributed by atoms with Gasteiger partial charge in [-0.25, -0.2) is 0 Å². The number of likely N-dealkylation sites (N-methyl/N-ethyl adjacent to an activating group) is 1. The van der Waals surface area contributed by atoms with E-state index in [1.807, 2.05) is 97.2 Å². The number of hydrogen-bond acceptors (Lipinski definition) is 6. The zero-order chi connectivity index (χ0) is 31.8. The van der Waals surface area contributed by atoms with Crippen LogP contribution < -0.4 is 5.32 Å². The zero-order valence-corrected chi connectivity index (χ0v) is 27.2. The van der Waals surface area contributed by atoms with Crippen LogP contribution in [0, 0.1) is 0 Å². The van der Waals surface area contributed by atoms with Crippen LogP contribution in [0.4, 0.5) is 0 Å². The number of hydrogen-bond donors (Lipinski definition) is 2. The molecule has 1 fully saturated rings. The topological polar surface area (TPSA) is 83.9 Å². The van der Waals surface area contributed by atoms with Crippen molar-refractivity contribution < 1.29 is 19.4 Å². The van der Waals surface area contributed by atoms with Crippen LogP contribution in [-0.2, 0) is 33.8 Å². The molecule has 1 aliphatic heterocycles. The molecule has 2 N–H and O–H groups in total. The molecule has 0 bridgehead atoms. The van der Waals surface area contributed by atoms with Crippen molar-refractivity contribution in [1.82, 2.24) is 15.2 Å².